The monoisotopic (exact) mass is 541 g/mol. The number of rotatable bonds is 8. The molecule has 0 saturated carbocycles. The van der Waals surface area contributed by atoms with Gasteiger partial charge in [-0.2, -0.15) is 5.10 Å². The summed E-state index contributed by atoms with van der Waals surface area (Å²) in [7, 11) is 0. The van der Waals surface area contributed by atoms with Crippen molar-refractivity contribution in [2.75, 3.05) is 0 Å². The van der Waals surface area contributed by atoms with Crippen molar-refractivity contribution >= 4 is 12.2 Å². The number of hydrazone groups is 1. The Hall–Kier alpha value is -5.32. The zero-order chi connectivity index (χ0) is 27.6. The van der Waals surface area contributed by atoms with Gasteiger partial charge in [0, 0.05) is 11.6 Å². The van der Waals surface area contributed by atoms with Gasteiger partial charge in [0.25, 0.3) is 0 Å². The number of imidazole rings is 1. The zero-order valence-electron chi connectivity index (χ0n) is 20.8. The molecule has 6 rings (SSSR count). The third-order valence-electron chi connectivity index (χ3n) is 6.36. The van der Waals surface area contributed by atoms with Gasteiger partial charge < -0.3 is 19.4 Å². The van der Waals surface area contributed by atoms with Gasteiger partial charge in [0.05, 0.1) is 36.1 Å². The van der Waals surface area contributed by atoms with E-state index >= 15 is 0 Å². The predicted molar refractivity (Wildman–Crippen MR) is 140 cm³/mol. The summed E-state index contributed by atoms with van der Waals surface area (Å²) >= 11 is 0. The molecule has 3 aromatic carbocycles. The fourth-order valence-electron chi connectivity index (χ4n) is 4.26. The molecular weight excluding hydrogens is 520 g/mol. The molecule has 0 amide bonds. The van der Waals surface area contributed by atoms with E-state index < -0.39 is 17.6 Å². The Balaban J connectivity index is 1.07. The summed E-state index contributed by atoms with van der Waals surface area (Å²) in [5.41, 5.74) is 3.92. The topological polar surface area (TPSA) is 117 Å². The average molecular weight is 542 g/mol. The van der Waals surface area contributed by atoms with Crippen LogP contribution in [0.3, 0.4) is 0 Å². The highest BCUT2D eigenvalue weighted by Gasteiger charge is 2.21. The first-order chi connectivity index (χ1) is 19.4. The molecule has 0 aliphatic carbocycles. The number of H-pyrrole nitrogens is 1. The van der Waals surface area contributed by atoms with Gasteiger partial charge in [-0.1, -0.05) is 23.4 Å². The number of carboxylic acid groups (broad SMARTS) is 1. The number of halogens is 2. The highest BCUT2D eigenvalue weighted by atomic mass is 19.2. The molecular formula is C29H21F2N5O4. The van der Waals surface area contributed by atoms with Gasteiger partial charge in [0.1, 0.15) is 29.6 Å². The summed E-state index contributed by atoms with van der Waals surface area (Å²) in [6.45, 7) is 1.02. The summed E-state index contributed by atoms with van der Waals surface area (Å²) in [6.07, 6.45) is 1.56. The number of aromatic amines is 1. The molecule has 40 heavy (non-hydrogen) atoms. The van der Waals surface area contributed by atoms with E-state index in [9.17, 15) is 13.6 Å². The maximum absolute atomic E-state index is 14.2. The molecule has 0 fully saturated rings. The number of aromatic nitrogens is 3. The van der Waals surface area contributed by atoms with Crippen molar-refractivity contribution in [3.8, 4) is 28.4 Å². The van der Waals surface area contributed by atoms with Crippen LogP contribution in [0.1, 0.15) is 33.1 Å². The molecule has 3 heterocycles. The fourth-order valence-corrected chi connectivity index (χ4v) is 4.26. The highest BCUT2D eigenvalue weighted by molar-refractivity contribution is 5.87. The number of benzene rings is 3. The largest absolute Gasteiger partial charge is 0.489 e. The summed E-state index contributed by atoms with van der Waals surface area (Å²) in [5.74, 6) is -1.37. The van der Waals surface area contributed by atoms with Gasteiger partial charge in [-0.25, -0.2) is 18.6 Å². The van der Waals surface area contributed by atoms with Crippen molar-refractivity contribution in [1.82, 2.24) is 20.1 Å². The first-order valence-electron chi connectivity index (χ1n) is 12.3. The normalized spacial score (nSPS) is 12.4. The maximum atomic E-state index is 14.2. The number of nitrogens with zero attached hydrogens (tertiary/aromatic N) is 4. The van der Waals surface area contributed by atoms with E-state index in [1.54, 1.807) is 35.5 Å². The van der Waals surface area contributed by atoms with Gasteiger partial charge in [0.15, 0.2) is 17.4 Å². The van der Waals surface area contributed by atoms with E-state index in [2.05, 4.69) is 20.2 Å². The SMILES string of the molecule is O=C(O)c1ccc(COc2ccc(-c3cc(CN4Cc5[nH]c(-c6cccc(F)c6F)nc5C=N4)on3)cc2)cc1. The molecule has 200 valence electrons. The lowest BCUT2D eigenvalue weighted by atomic mass is 10.1. The van der Waals surface area contributed by atoms with Gasteiger partial charge in [-0.15, -0.1) is 0 Å². The summed E-state index contributed by atoms with van der Waals surface area (Å²) in [5, 5.41) is 19.3. The van der Waals surface area contributed by atoms with Gasteiger partial charge in [-0.05, 0) is 54.1 Å². The Bertz CT molecular complexity index is 1710. The van der Waals surface area contributed by atoms with Gasteiger partial charge in [-0.3, -0.25) is 5.01 Å². The Labute approximate surface area is 226 Å². The van der Waals surface area contributed by atoms with Crippen LogP contribution in [0, 0.1) is 11.6 Å². The van der Waals surface area contributed by atoms with Crippen LogP contribution in [0.15, 0.2) is 82.4 Å². The smallest absolute Gasteiger partial charge is 0.335 e. The second-order valence-corrected chi connectivity index (χ2v) is 9.11. The lowest BCUT2D eigenvalue weighted by Gasteiger charge is -2.19. The minimum Gasteiger partial charge on any atom is -0.489 e. The van der Waals surface area contributed by atoms with Crippen molar-refractivity contribution in [2.24, 2.45) is 5.10 Å². The second kappa shape index (κ2) is 10.4. The third kappa shape index (κ3) is 5.17. The molecule has 0 atom stereocenters. The van der Waals surface area contributed by atoms with E-state index in [-0.39, 0.29) is 17.0 Å². The summed E-state index contributed by atoms with van der Waals surface area (Å²) in [6, 6.07) is 19.7. The van der Waals surface area contributed by atoms with Crippen LogP contribution in [-0.2, 0) is 19.7 Å². The van der Waals surface area contributed by atoms with E-state index in [4.69, 9.17) is 14.4 Å². The average Bonchev–Trinajstić information content (AvgIpc) is 3.61. The lowest BCUT2D eigenvalue weighted by Crippen LogP contribution is -2.21. The number of nitrogens with one attached hydrogen (secondary N) is 1. The quantitative estimate of drug-likeness (QED) is 0.261. The number of carboxylic acids is 1. The van der Waals surface area contributed by atoms with Crippen LogP contribution in [0.5, 0.6) is 5.75 Å². The number of hydrogen-bond donors (Lipinski definition) is 2. The number of carbonyl (C=O) groups is 1. The minimum atomic E-state index is -0.969. The van der Waals surface area contributed by atoms with E-state index in [1.165, 1.54) is 12.1 Å². The molecule has 1 aliphatic heterocycles. The molecule has 5 aromatic rings. The number of hydrogen-bond acceptors (Lipinski definition) is 7. The van der Waals surface area contributed by atoms with Crippen molar-refractivity contribution in [3.05, 3.63) is 113 Å². The van der Waals surface area contributed by atoms with Crippen molar-refractivity contribution in [3.63, 3.8) is 0 Å². The van der Waals surface area contributed by atoms with Crippen molar-refractivity contribution in [2.45, 2.75) is 19.7 Å². The maximum Gasteiger partial charge on any atom is 0.335 e. The highest BCUT2D eigenvalue weighted by Crippen LogP contribution is 2.27. The number of aromatic carboxylic acids is 1. The molecule has 0 bridgehead atoms. The van der Waals surface area contributed by atoms with Gasteiger partial charge in [0.2, 0.25) is 0 Å². The van der Waals surface area contributed by atoms with Crippen molar-refractivity contribution < 1.29 is 27.9 Å². The molecule has 11 heteroatoms. The van der Waals surface area contributed by atoms with Crippen LogP contribution in [0.2, 0.25) is 0 Å². The number of ether oxygens (including phenoxy) is 1. The molecule has 2 aromatic heterocycles. The Morgan fingerprint density at radius 2 is 1.88 bits per heavy atom. The summed E-state index contributed by atoms with van der Waals surface area (Å²) in [4.78, 5) is 18.4. The predicted octanol–water partition coefficient (Wildman–Crippen LogP) is 5.64. The molecule has 0 unspecified atom stereocenters. The van der Waals surface area contributed by atoms with E-state index in [1.807, 2.05) is 30.3 Å². The summed E-state index contributed by atoms with van der Waals surface area (Å²) < 4.78 is 39.2. The number of fused-ring (bicyclic) bond motifs is 1. The van der Waals surface area contributed by atoms with Crippen LogP contribution in [-0.4, -0.2) is 37.4 Å². The molecule has 0 spiro atoms. The van der Waals surface area contributed by atoms with Gasteiger partial charge >= 0.3 is 5.97 Å². The Morgan fingerprint density at radius 1 is 1.07 bits per heavy atom. The Kier molecular flexibility index (Phi) is 6.52. The molecule has 0 saturated heterocycles. The lowest BCUT2D eigenvalue weighted by molar-refractivity contribution is 0.0697. The first-order valence-corrected chi connectivity index (χ1v) is 12.3. The molecule has 0 radical (unpaired) electrons. The molecule has 9 nitrogen and oxygen atoms in total. The van der Waals surface area contributed by atoms with E-state index in [0.29, 0.717) is 42.6 Å². The minimum absolute atomic E-state index is 0.0556. The fraction of sp³-hybridized carbons (Fsp3) is 0.103. The first kappa shape index (κ1) is 25.0. The van der Waals surface area contributed by atoms with Crippen LogP contribution >= 0.6 is 0 Å². The second-order valence-electron chi connectivity index (χ2n) is 9.11. The zero-order valence-corrected chi connectivity index (χ0v) is 20.8. The van der Waals surface area contributed by atoms with E-state index in [0.717, 1.165) is 22.9 Å². The Morgan fingerprint density at radius 3 is 2.65 bits per heavy atom. The van der Waals surface area contributed by atoms with Crippen LogP contribution in [0.4, 0.5) is 8.78 Å². The van der Waals surface area contributed by atoms with Crippen LogP contribution < -0.4 is 4.74 Å². The molecule has 2 N–H and O–H groups in total. The molecule has 1 aliphatic rings. The standard InChI is InChI=1S/C29H21F2N5O4/c30-23-3-1-2-22(27(23)31)28-33-25-13-32-36(15-26(25)34-28)14-21-12-24(35-40-21)18-8-10-20(11-9-18)39-16-17-4-6-19(7-5-17)29(37)38/h1-13H,14-16H2,(H,33,34)(H,37,38). The van der Waals surface area contributed by atoms with Crippen LogP contribution in [0.25, 0.3) is 22.6 Å². The third-order valence-corrected chi connectivity index (χ3v) is 6.36. The van der Waals surface area contributed by atoms with Crippen molar-refractivity contribution in [1.29, 1.82) is 0 Å².